The molecule has 0 amide bonds. The van der Waals surface area contributed by atoms with Crippen molar-refractivity contribution in [2.75, 3.05) is 13.2 Å². The Morgan fingerprint density at radius 2 is 1.76 bits per heavy atom. The fourth-order valence-corrected chi connectivity index (χ4v) is 1.89. The van der Waals surface area contributed by atoms with Crippen molar-refractivity contribution in [2.24, 2.45) is 5.73 Å². The number of benzene rings is 2. The molecule has 0 aromatic heterocycles. The van der Waals surface area contributed by atoms with Crippen LogP contribution in [0.4, 0.5) is 4.39 Å². The van der Waals surface area contributed by atoms with Crippen molar-refractivity contribution in [3.05, 3.63) is 58.3 Å². The Labute approximate surface area is 130 Å². The Morgan fingerprint density at radius 3 is 2.38 bits per heavy atom. The van der Waals surface area contributed by atoms with Gasteiger partial charge in [0.15, 0.2) is 11.6 Å². The van der Waals surface area contributed by atoms with E-state index < -0.39 is 5.82 Å². The molecule has 21 heavy (non-hydrogen) atoms. The Hall–Kier alpha value is -2.08. The largest absolute Gasteiger partial charge is 0.490 e. The van der Waals surface area contributed by atoms with Gasteiger partial charge >= 0.3 is 0 Å². The lowest BCUT2D eigenvalue weighted by molar-refractivity contribution is 0.211. The topological polar surface area (TPSA) is 68.3 Å². The Bertz CT molecular complexity index is 632. The summed E-state index contributed by atoms with van der Waals surface area (Å²) in [7, 11) is 0. The van der Waals surface area contributed by atoms with E-state index in [0.29, 0.717) is 17.9 Å². The maximum absolute atomic E-state index is 13.7. The monoisotopic (exact) mass is 352 g/mol. The van der Waals surface area contributed by atoms with Crippen molar-refractivity contribution in [3.63, 3.8) is 0 Å². The van der Waals surface area contributed by atoms with Crippen molar-refractivity contribution in [1.82, 2.24) is 0 Å². The van der Waals surface area contributed by atoms with Crippen LogP contribution in [-0.4, -0.2) is 19.0 Å². The van der Waals surface area contributed by atoms with E-state index in [-0.39, 0.29) is 18.2 Å². The summed E-state index contributed by atoms with van der Waals surface area (Å²) in [4.78, 5) is 0. The lowest BCUT2D eigenvalue weighted by atomic mass is 10.2. The van der Waals surface area contributed by atoms with Crippen molar-refractivity contribution in [1.29, 1.82) is 5.41 Å². The van der Waals surface area contributed by atoms with Gasteiger partial charge in [-0.3, -0.25) is 5.41 Å². The average Bonchev–Trinajstić information content (AvgIpc) is 2.46. The first kappa shape index (κ1) is 15.3. The minimum absolute atomic E-state index is 0.111. The van der Waals surface area contributed by atoms with Gasteiger partial charge in [-0.05, 0) is 42.5 Å². The van der Waals surface area contributed by atoms with E-state index in [1.165, 1.54) is 18.2 Å². The van der Waals surface area contributed by atoms with E-state index in [1.54, 1.807) is 0 Å². The molecule has 0 radical (unpaired) electrons. The maximum Gasteiger partial charge on any atom is 0.165 e. The highest BCUT2D eigenvalue weighted by Gasteiger charge is 2.06. The van der Waals surface area contributed by atoms with Gasteiger partial charge in [0.1, 0.15) is 24.8 Å². The van der Waals surface area contributed by atoms with Crippen molar-refractivity contribution in [3.8, 4) is 11.5 Å². The quantitative estimate of drug-likeness (QED) is 0.476. The molecule has 0 fully saturated rings. The van der Waals surface area contributed by atoms with Crippen LogP contribution in [0.25, 0.3) is 0 Å². The molecule has 0 aliphatic heterocycles. The van der Waals surface area contributed by atoms with Gasteiger partial charge in [-0.15, -0.1) is 0 Å². The third-order valence-corrected chi connectivity index (χ3v) is 3.19. The smallest absolute Gasteiger partial charge is 0.165 e. The van der Waals surface area contributed by atoms with Crippen LogP contribution < -0.4 is 15.2 Å². The molecule has 0 spiro atoms. The van der Waals surface area contributed by atoms with Gasteiger partial charge in [0, 0.05) is 10.0 Å². The van der Waals surface area contributed by atoms with Crippen molar-refractivity contribution >= 4 is 21.8 Å². The van der Waals surface area contributed by atoms with Crippen LogP contribution in [0.5, 0.6) is 11.5 Å². The van der Waals surface area contributed by atoms with Gasteiger partial charge in [-0.1, -0.05) is 15.9 Å². The van der Waals surface area contributed by atoms with Crippen LogP contribution in [-0.2, 0) is 0 Å². The molecule has 0 aliphatic carbocycles. The van der Waals surface area contributed by atoms with Crippen LogP contribution in [0, 0.1) is 11.2 Å². The average molecular weight is 353 g/mol. The highest BCUT2D eigenvalue weighted by molar-refractivity contribution is 9.10. The molecule has 0 bridgehead atoms. The van der Waals surface area contributed by atoms with Crippen LogP contribution in [0.15, 0.2) is 46.9 Å². The fraction of sp³-hybridized carbons (Fsp3) is 0.133. The molecule has 6 heteroatoms. The van der Waals surface area contributed by atoms with Gasteiger partial charge in [0.25, 0.3) is 0 Å². The second-order valence-electron chi connectivity index (χ2n) is 4.21. The second-order valence-corrected chi connectivity index (χ2v) is 5.13. The number of nitrogen functional groups attached to an aromatic ring is 1. The standard InChI is InChI=1S/C15H14BrFN2O2/c16-11-2-4-12(5-3-11)20-7-8-21-14-6-1-10(15(18)19)9-13(14)17/h1-6,9H,7-8H2,(H3,18,19). The number of halogens is 2. The van der Waals surface area contributed by atoms with Gasteiger partial charge in [-0.2, -0.15) is 0 Å². The first-order valence-corrected chi connectivity index (χ1v) is 7.00. The zero-order valence-corrected chi connectivity index (χ0v) is 12.7. The summed E-state index contributed by atoms with van der Waals surface area (Å²) in [6.45, 7) is 0.516. The van der Waals surface area contributed by atoms with E-state index in [0.717, 1.165) is 4.47 Å². The summed E-state index contributed by atoms with van der Waals surface area (Å²) in [5, 5.41) is 7.23. The molecular formula is C15H14BrFN2O2. The molecule has 0 saturated carbocycles. The Morgan fingerprint density at radius 1 is 1.10 bits per heavy atom. The Balaban J connectivity index is 1.83. The molecule has 0 unspecified atom stereocenters. The molecule has 3 N–H and O–H groups in total. The maximum atomic E-state index is 13.7. The number of amidine groups is 1. The van der Waals surface area contributed by atoms with Gasteiger partial charge in [0.2, 0.25) is 0 Å². The van der Waals surface area contributed by atoms with Crippen LogP contribution in [0.2, 0.25) is 0 Å². The highest BCUT2D eigenvalue weighted by atomic mass is 79.9. The van der Waals surface area contributed by atoms with Crippen LogP contribution >= 0.6 is 15.9 Å². The van der Waals surface area contributed by atoms with E-state index in [9.17, 15) is 4.39 Å². The number of hydrogen-bond donors (Lipinski definition) is 2. The number of nitrogens with two attached hydrogens (primary N) is 1. The summed E-state index contributed by atoms with van der Waals surface area (Å²) >= 11 is 3.34. The van der Waals surface area contributed by atoms with Crippen LogP contribution in [0.3, 0.4) is 0 Å². The number of hydrogen-bond acceptors (Lipinski definition) is 3. The SMILES string of the molecule is N=C(N)c1ccc(OCCOc2ccc(Br)cc2)c(F)c1. The van der Waals surface area contributed by atoms with Crippen molar-refractivity contribution in [2.45, 2.75) is 0 Å². The third-order valence-electron chi connectivity index (χ3n) is 2.67. The summed E-state index contributed by atoms with van der Waals surface area (Å²) in [6.07, 6.45) is 0. The third kappa shape index (κ3) is 4.46. The first-order chi connectivity index (χ1) is 10.1. The number of rotatable bonds is 6. The molecule has 0 saturated heterocycles. The molecule has 0 heterocycles. The normalized spacial score (nSPS) is 10.2. The van der Waals surface area contributed by atoms with E-state index >= 15 is 0 Å². The van der Waals surface area contributed by atoms with E-state index in [1.807, 2.05) is 24.3 Å². The lowest BCUT2D eigenvalue weighted by Crippen LogP contribution is -2.12. The van der Waals surface area contributed by atoms with Crippen molar-refractivity contribution < 1.29 is 13.9 Å². The number of ether oxygens (including phenoxy) is 2. The molecular weight excluding hydrogens is 339 g/mol. The highest BCUT2D eigenvalue weighted by Crippen LogP contribution is 2.19. The van der Waals surface area contributed by atoms with Gasteiger partial charge < -0.3 is 15.2 Å². The summed E-state index contributed by atoms with van der Waals surface area (Å²) in [6, 6.07) is 11.6. The molecule has 4 nitrogen and oxygen atoms in total. The lowest BCUT2D eigenvalue weighted by Gasteiger charge is -2.10. The van der Waals surface area contributed by atoms with Crippen LogP contribution in [0.1, 0.15) is 5.56 Å². The second kappa shape index (κ2) is 7.08. The number of nitrogens with one attached hydrogen (secondary N) is 1. The molecule has 2 aromatic carbocycles. The minimum atomic E-state index is -0.550. The molecule has 110 valence electrons. The summed E-state index contributed by atoms with van der Waals surface area (Å²) in [5.74, 6) is 0.0963. The fourth-order valence-electron chi connectivity index (χ4n) is 1.63. The summed E-state index contributed by atoms with van der Waals surface area (Å²) < 4.78 is 25.4. The van der Waals surface area contributed by atoms with Gasteiger partial charge in [0.05, 0.1) is 0 Å². The predicted molar refractivity (Wildman–Crippen MR) is 82.5 cm³/mol. The minimum Gasteiger partial charge on any atom is -0.490 e. The zero-order chi connectivity index (χ0) is 15.2. The molecule has 2 rings (SSSR count). The predicted octanol–water partition coefficient (Wildman–Crippen LogP) is 3.33. The molecule has 0 atom stereocenters. The molecule has 2 aromatic rings. The Kier molecular flexibility index (Phi) is 5.16. The zero-order valence-electron chi connectivity index (χ0n) is 11.1. The first-order valence-electron chi connectivity index (χ1n) is 6.21. The van der Waals surface area contributed by atoms with E-state index in [2.05, 4.69) is 15.9 Å². The molecule has 0 aliphatic rings. The van der Waals surface area contributed by atoms with Gasteiger partial charge in [-0.25, -0.2) is 4.39 Å². The summed E-state index contributed by atoms with van der Waals surface area (Å²) in [5.41, 5.74) is 5.61. The van der Waals surface area contributed by atoms with E-state index in [4.69, 9.17) is 20.6 Å².